The third kappa shape index (κ3) is 3.43. The van der Waals surface area contributed by atoms with Gasteiger partial charge in [-0.2, -0.15) is 0 Å². The van der Waals surface area contributed by atoms with Crippen LogP contribution in [0.1, 0.15) is 37.3 Å². The van der Waals surface area contributed by atoms with E-state index in [9.17, 15) is 0 Å². The molecule has 0 spiro atoms. The van der Waals surface area contributed by atoms with Crippen molar-refractivity contribution in [2.24, 2.45) is 0 Å². The Labute approximate surface area is 120 Å². The first-order chi connectivity index (χ1) is 8.20. The number of nitrogens with one attached hydrogen (secondary N) is 1. The van der Waals surface area contributed by atoms with Gasteiger partial charge < -0.3 is 5.32 Å². The minimum Gasteiger partial charge on any atom is -0.310 e. The number of allylic oxidation sites excluding steroid dienone is 1. The van der Waals surface area contributed by atoms with E-state index >= 15 is 0 Å². The van der Waals surface area contributed by atoms with E-state index in [4.69, 9.17) is 0 Å². The fourth-order valence-corrected chi connectivity index (χ4v) is 3.76. The molecule has 1 aromatic rings. The molecule has 1 nitrogen and oxygen atoms in total. The van der Waals surface area contributed by atoms with E-state index in [1.165, 1.54) is 36.8 Å². The largest absolute Gasteiger partial charge is 0.310 e. The molecule has 17 heavy (non-hydrogen) atoms. The quantitative estimate of drug-likeness (QED) is 0.752. The Kier molecular flexibility index (Phi) is 4.83. The van der Waals surface area contributed by atoms with Crippen molar-refractivity contribution in [1.29, 1.82) is 0 Å². The molecule has 0 fully saturated rings. The van der Waals surface area contributed by atoms with Crippen LogP contribution in [-0.4, -0.2) is 7.05 Å². The van der Waals surface area contributed by atoms with Gasteiger partial charge >= 0.3 is 0 Å². The Morgan fingerprint density at radius 3 is 2.35 bits per heavy atom. The molecule has 0 radical (unpaired) electrons. The van der Waals surface area contributed by atoms with E-state index in [-0.39, 0.29) is 0 Å². The summed E-state index contributed by atoms with van der Waals surface area (Å²) in [6, 6.07) is 6.82. The molecule has 1 unspecified atom stereocenters. The van der Waals surface area contributed by atoms with Gasteiger partial charge in [0.1, 0.15) is 0 Å². The van der Waals surface area contributed by atoms with Gasteiger partial charge in [0.2, 0.25) is 0 Å². The predicted octanol–water partition coefficient (Wildman–Crippen LogP) is 4.97. The highest BCUT2D eigenvalue weighted by atomic mass is 79.9. The second kappa shape index (κ2) is 6.17. The fourth-order valence-electron chi connectivity index (χ4n) is 2.43. The zero-order chi connectivity index (χ0) is 12.3. The summed E-state index contributed by atoms with van der Waals surface area (Å²) in [6.07, 6.45) is 7.50. The molecule has 0 saturated carbocycles. The molecule has 1 aliphatic rings. The number of likely N-dealkylation sites (N-methyl/N-ethyl adjacent to an activating group) is 1. The van der Waals surface area contributed by atoms with Crippen molar-refractivity contribution < 1.29 is 0 Å². The first-order valence-electron chi connectivity index (χ1n) is 6.03. The summed E-state index contributed by atoms with van der Waals surface area (Å²) in [7, 11) is 2.04. The minimum atomic E-state index is 0.351. The zero-order valence-electron chi connectivity index (χ0n) is 9.97. The number of benzene rings is 1. The summed E-state index contributed by atoms with van der Waals surface area (Å²) in [5.74, 6) is 0. The van der Waals surface area contributed by atoms with Crippen LogP contribution >= 0.6 is 31.9 Å². The van der Waals surface area contributed by atoms with Crippen LogP contribution in [0.2, 0.25) is 0 Å². The van der Waals surface area contributed by atoms with Gasteiger partial charge in [0, 0.05) is 8.95 Å². The molecule has 0 aromatic heterocycles. The average Bonchev–Trinajstić information content (AvgIpc) is 2.30. The summed E-state index contributed by atoms with van der Waals surface area (Å²) in [5.41, 5.74) is 2.85. The molecular formula is C14H17Br2N. The van der Waals surface area contributed by atoms with Crippen LogP contribution in [0.25, 0.3) is 0 Å². The third-order valence-electron chi connectivity index (χ3n) is 3.20. The molecule has 2 rings (SSSR count). The monoisotopic (exact) mass is 357 g/mol. The smallest absolute Gasteiger partial charge is 0.0534 e. The van der Waals surface area contributed by atoms with E-state index in [0.29, 0.717) is 6.04 Å². The van der Waals surface area contributed by atoms with E-state index in [2.05, 4.69) is 61.5 Å². The summed E-state index contributed by atoms with van der Waals surface area (Å²) in [6.45, 7) is 0. The van der Waals surface area contributed by atoms with Crippen LogP contribution in [0.3, 0.4) is 0 Å². The van der Waals surface area contributed by atoms with Crippen LogP contribution in [0.5, 0.6) is 0 Å². The summed E-state index contributed by atoms with van der Waals surface area (Å²) in [5, 5.41) is 3.43. The fraction of sp³-hybridized carbons (Fsp3) is 0.429. The van der Waals surface area contributed by atoms with Crippen LogP contribution in [0.15, 0.2) is 38.8 Å². The predicted molar refractivity (Wildman–Crippen MR) is 80.2 cm³/mol. The van der Waals surface area contributed by atoms with Crippen LogP contribution in [-0.2, 0) is 0 Å². The number of hydrogen-bond acceptors (Lipinski definition) is 1. The maximum absolute atomic E-state index is 3.56. The van der Waals surface area contributed by atoms with Gasteiger partial charge in [0.05, 0.1) is 6.04 Å². The zero-order valence-corrected chi connectivity index (χ0v) is 13.1. The molecule has 0 bridgehead atoms. The minimum absolute atomic E-state index is 0.351. The maximum atomic E-state index is 3.56. The van der Waals surface area contributed by atoms with Crippen LogP contribution in [0.4, 0.5) is 0 Å². The van der Waals surface area contributed by atoms with E-state index < -0.39 is 0 Å². The van der Waals surface area contributed by atoms with Gasteiger partial charge in [-0.3, -0.25) is 0 Å². The van der Waals surface area contributed by atoms with E-state index in [0.717, 1.165) is 8.95 Å². The van der Waals surface area contributed by atoms with Gasteiger partial charge in [0.15, 0.2) is 0 Å². The molecule has 0 amide bonds. The topological polar surface area (TPSA) is 12.0 Å². The molecule has 0 aliphatic heterocycles. The third-order valence-corrected chi connectivity index (χ3v) is 4.12. The Balaban J connectivity index is 2.31. The van der Waals surface area contributed by atoms with E-state index in [1.807, 2.05) is 7.05 Å². The van der Waals surface area contributed by atoms with Crippen molar-refractivity contribution in [3.63, 3.8) is 0 Å². The Hall–Kier alpha value is -0.120. The maximum Gasteiger partial charge on any atom is 0.0534 e. The SMILES string of the molecule is CNC(C1=CCCCC1)c1cc(Br)cc(Br)c1. The Bertz CT molecular complexity index is 406. The lowest BCUT2D eigenvalue weighted by molar-refractivity contribution is 0.593. The van der Waals surface area contributed by atoms with Gasteiger partial charge in [0.25, 0.3) is 0 Å². The normalized spacial score (nSPS) is 17.7. The lowest BCUT2D eigenvalue weighted by Gasteiger charge is -2.23. The van der Waals surface area contributed by atoms with Gasteiger partial charge in [-0.15, -0.1) is 0 Å². The second-order valence-electron chi connectivity index (χ2n) is 4.45. The highest BCUT2D eigenvalue weighted by molar-refractivity contribution is 9.11. The molecule has 3 heteroatoms. The highest BCUT2D eigenvalue weighted by Crippen LogP contribution is 2.32. The van der Waals surface area contributed by atoms with E-state index in [1.54, 1.807) is 0 Å². The number of rotatable bonds is 3. The van der Waals surface area contributed by atoms with Crippen molar-refractivity contribution in [1.82, 2.24) is 5.32 Å². The van der Waals surface area contributed by atoms with Gasteiger partial charge in [-0.05, 0) is 56.5 Å². The van der Waals surface area contributed by atoms with Crippen LogP contribution < -0.4 is 5.32 Å². The second-order valence-corrected chi connectivity index (χ2v) is 6.28. The molecule has 1 atom stereocenters. The highest BCUT2D eigenvalue weighted by Gasteiger charge is 2.17. The summed E-state index contributed by atoms with van der Waals surface area (Å²) in [4.78, 5) is 0. The molecule has 1 aromatic carbocycles. The van der Waals surface area contributed by atoms with Crippen molar-refractivity contribution in [2.45, 2.75) is 31.7 Å². The van der Waals surface area contributed by atoms with Crippen molar-refractivity contribution in [3.05, 3.63) is 44.4 Å². The standard InChI is InChI=1S/C14H17Br2N/c1-17-14(10-5-3-2-4-6-10)11-7-12(15)9-13(16)8-11/h5,7-9,14,17H,2-4,6H2,1H3. The van der Waals surface area contributed by atoms with Gasteiger partial charge in [-0.1, -0.05) is 43.5 Å². The van der Waals surface area contributed by atoms with Crippen molar-refractivity contribution in [2.75, 3.05) is 7.05 Å². The van der Waals surface area contributed by atoms with Gasteiger partial charge in [-0.25, -0.2) is 0 Å². The molecule has 0 saturated heterocycles. The Morgan fingerprint density at radius 2 is 1.82 bits per heavy atom. The van der Waals surface area contributed by atoms with Crippen molar-refractivity contribution in [3.8, 4) is 0 Å². The first kappa shape index (κ1) is 13.3. The number of hydrogen-bond donors (Lipinski definition) is 1. The molecular weight excluding hydrogens is 342 g/mol. The average molecular weight is 359 g/mol. The molecule has 1 N–H and O–H groups in total. The lowest BCUT2D eigenvalue weighted by atomic mass is 9.90. The lowest BCUT2D eigenvalue weighted by Crippen LogP contribution is -2.19. The number of halogens is 2. The van der Waals surface area contributed by atoms with Crippen LogP contribution in [0, 0.1) is 0 Å². The van der Waals surface area contributed by atoms with Crippen molar-refractivity contribution >= 4 is 31.9 Å². The molecule has 1 aliphatic carbocycles. The summed E-state index contributed by atoms with van der Waals surface area (Å²) >= 11 is 7.11. The Morgan fingerprint density at radius 1 is 1.12 bits per heavy atom. The molecule has 0 heterocycles. The summed E-state index contributed by atoms with van der Waals surface area (Å²) < 4.78 is 2.25. The molecule has 92 valence electrons. The first-order valence-corrected chi connectivity index (χ1v) is 7.61.